The molecule has 0 aliphatic rings. The number of halogens is 1. The third-order valence-corrected chi connectivity index (χ3v) is 1.96. The predicted molar refractivity (Wildman–Crippen MR) is 58.9 cm³/mol. The lowest BCUT2D eigenvalue weighted by atomic mass is 10.2. The summed E-state index contributed by atoms with van der Waals surface area (Å²) in [4.78, 5) is 3.83. The van der Waals surface area contributed by atoms with E-state index in [0.717, 1.165) is 10.0 Å². The van der Waals surface area contributed by atoms with Crippen molar-refractivity contribution in [3.05, 3.63) is 40.5 Å². The van der Waals surface area contributed by atoms with Crippen molar-refractivity contribution in [3.8, 4) is 0 Å². The standard InChI is InChI=1S/C10H10BrNO/c1-2-12-7-10(13)8-4-3-5-9(11)6-8/h2-7,13H,1H3/b10-7-,12-2?. The number of hydrogen-bond donors (Lipinski definition) is 1. The van der Waals surface area contributed by atoms with E-state index in [1.165, 1.54) is 6.20 Å². The summed E-state index contributed by atoms with van der Waals surface area (Å²) in [5.74, 6) is 0.166. The number of aliphatic imine (C=N–C) groups is 1. The maximum absolute atomic E-state index is 9.50. The van der Waals surface area contributed by atoms with Crippen LogP contribution in [0.2, 0.25) is 0 Å². The summed E-state index contributed by atoms with van der Waals surface area (Å²) in [5, 5.41) is 9.50. The summed E-state index contributed by atoms with van der Waals surface area (Å²) in [6.45, 7) is 1.80. The Balaban J connectivity index is 2.94. The molecule has 0 saturated heterocycles. The molecule has 0 spiro atoms. The van der Waals surface area contributed by atoms with Gasteiger partial charge in [0.2, 0.25) is 0 Å². The molecule has 0 fully saturated rings. The molecule has 0 heterocycles. The normalized spacial score (nSPS) is 12.3. The minimum Gasteiger partial charge on any atom is -0.506 e. The van der Waals surface area contributed by atoms with E-state index in [-0.39, 0.29) is 5.76 Å². The molecular formula is C10H10BrNO. The van der Waals surface area contributed by atoms with Gasteiger partial charge < -0.3 is 5.11 Å². The molecule has 0 radical (unpaired) electrons. The summed E-state index contributed by atoms with van der Waals surface area (Å²) in [7, 11) is 0. The first-order chi connectivity index (χ1) is 6.24. The van der Waals surface area contributed by atoms with Crippen molar-refractivity contribution < 1.29 is 5.11 Å². The predicted octanol–water partition coefficient (Wildman–Crippen LogP) is 3.40. The Bertz CT molecular complexity index is 345. The Morgan fingerprint density at radius 2 is 2.31 bits per heavy atom. The van der Waals surface area contributed by atoms with Gasteiger partial charge in [0.05, 0.1) is 6.20 Å². The third kappa shape index (κ3) is 3.03. The van der Waals surface area contributed by atoms with Crippen molar-refractivity contribution in [2.75, 3.05) is 0 Å². The van der Waals surface area contributed by atoms with Crippen molar-refractivity contribution in [2.24, 2.45) is 4.99 Å². The fourth-order valence-corrected chi connectivity index (χ4v) is 1.27. The van der Waals surface area contributed by atoms with Crippen LogP contribution in [0, 0.1) is 0 Å². The van der Waals surface area contributed by atoms with Crippen molar-refractivity contribution in [2.45, 2.75) is 6.92 Å². The van der Waals surface area contributed by atoms with Crippen LogP contribution in [0.25, 0.3) is 5.76 Å². The van der Waals surface area contributed by atoms with Gasteiger partial charge in [-0.05, 0) is 19.1 Å². The van der Waals surface area contributed by atoms with E-state index in [1.807, 2.05) is 24.3 Å². The Kier molecular flexibility index (Phi) is 3.71. The first kappa shape index (κ1) is 9.99. The summed E-state index contributed by atoms with van der Waals surface area (Å²) in [6, 6.07) is 7.41. The van der Waals surface area contributed by atoms with Gasteiger partial charge in [-0.25, -0.2) is 0 Å². The second-order valence-electron chi connectivity index (χ2n) is 2.43. The van der Waals surface area contributed by atoms with Crippen LogP contribution < -0.4 is 0 Å². The average molecular weight is 240 g/mol. The van der Waals surface area contributed by atoms with Crippen LogP contribution in [-0.4, -0.2) is 11.3 Å². The smallest absolute Gasteiger partial charge is 0.141 e. The van der Waals surface area contributed by atoms with Crippen LogP contribution in [0.15, 0.2) is 39.9 Å². The summed E-state index contributed by atoms with van der Waals surface area (Å²) < 4.78 is 0.936. The van der Waals surface area contributed by atoms with E-state index >= 15 is 0 Å². The summed E-state index contributed by atoms with van der Waals surface area (Å²) in [6.07, 6.45) is 3.04. The molecule has 1 aromatic carbocycles. The van der Waals surface area contributed by atoms with Crippen LogP contribution in [0.5, 0.6) is 0 Å². The monoisotopic (exact) mass is 239 g/mol. The maximum atomic E-state index is 9.50. The summed E-state index contributed by atoms with van der Waals surface area (Å²) in [5.41, 5.74) is 0.750. The van der Waals surface area contributed by atoms with E-state index in [0.29, 0.717) is 0 Å². The van der Waals surface area contributed by atoms with Gasteiger partial charge in [-0.15, -0.1) is 0 Å². The SMILES string of the molecule is CC=N/C=C(\O)c1cccc(Br)c1. The highest BCUT2D eigenvalue weighted by Gasteiger charge is 1.97. The van der Waals surface area contributed by atoms with Gasteiger partial charge in [-0.2, -0.15) is 0 Å². The zero-order valence-electron chi connectivity index (χ0n) is 7.24. The van der Waals surface area contributed by atoms with Gasteiger partial charge in [-0.3, -0.25) is 4.99 Å². The first-order valence-electron chi connectivity index (χ1n) is 3.87. The van der Waals surface area contributed by atoms with Crippen molar-refractivity contribution in [1.82, 2.24) is 0 Å². The van der Waals surface area contributed by atoms with E-state index in [1.54, 1.807) is 13.1 Å². The van der Waals surface area contributed by atoms with Gasteiger partial charge in [0.1, 0.15) is 5.76 Å². The quantitative estimate of drug-likeness (QED) is 0.623. The molecule has 0 atom stereocenters. The molecule has 1 aromatic rings. The average Bonchev–Trinajstić information content (AvgIpc) is 2.14. The molecular weight excluding hydrogens is 230 g/mol. The second-order valence-corrected chi connectivity index (χ2v) is 3.35. The number of aliphatic hydroxyl groups is 1. The van der Waals surface area contributed by atoms with Crippen LogP contribution >= 0.6 is 15.9 Å². The Labute approximate surface area is 85.8 Å². The summed E-state index contributed by atoms with van der Waals surface area (Å²) >= 11 is 3.32. The van der Waals surface area contributed by atoms with Gasteiger partial charge in [0.25, 0.3) is 0 Å². The number of hydrogen-bond acceptors (Lipinski definition) is 2. The molecule has 0 aromatic heterocycles. The molecule has 0 unspecified atom stereocenters. The highest BCUT2D eigenvalue weighted by molar-refractivity contribution is 9.10. The van der Waals surface area contributed by atoms with Gasteiger partial charge in [0, 0.05) is 16.3 Å². The minimum atomic E-state index is 0.166. The van der Waals surface area contributed by atoms with Crippen LogP contribution in [-0.2, 0) is 0 Å². The van der Waals surface area contributed by atoms with Crippen LogP contribution in [0.4, 0.5) is 0 Å². The molecule has 3 heteroatoms. The highest BCUT2D eigenvalue weighted by atomic mass is 79.9. The highest BCUT2D eigenvalue weighted by Crippen LogP contribution is 2.16. The topological polar surface area (TPSA) is 32.6 Å². The molecule has 1 rings (SSSR count). The zero-order chi connectivity index (χ0) is 9.68. The zero-order valence-corrected chi connectivity index (χ0v) is 8.82. The first-order valence-corrected chi connectivity index (χ1v) is 4.66. The molecule has 0 aliphatic heterocycles. The van der Waals surface area contributed by atoms with Crippen LogP contribution in [0.1, 0.15) is 12.5 Å². The van der Waals surface area contributed by atoms with Crippen molar-refractivity contribution >= 4 is 27.9 Å². The van der Waals surface area contributed by atoms with Crippen LogP contribution in [0.3, 0.4) is 0 Å². The van der Waals surface area contributed by atoms with E-state index in [4.69, 9.17) is 0 Å². The molecule has 0 aliphatic carbocycles. The number of aliphatic hydroxyl groups excluding tert-OH is 1. The van der Waals surface area contributed by atoms with Crippen molar-refractivity contribution in [3.63, 3.8) is 0 Å². The van der Waals surface area contributed by atoms with E-state index in [9.17, 15) is 5.11 Å². The molecule has 13 heavy (non-hydrogen) atoms. The molecule has 0 saturated carbocycles. The lowest BCUT2D eigenvalue weighted by Gasteiger charge is -1.98. The van der Waals surface area contributed by atoms with Crippen molar-refractivity contribution in [1.29, 1.82) is 0 Å². The molecule has 1 N–H and O–H groups in total. The van der Waals surface area contributed by atoms with Gasteiger partial charge in [0.15, 0.2) is 0 Å². The Hall–Kier alpha value is -1.09. The lowest BCUT2D eigenvalue weighted by molar-refractivity contribution is 0.510. The Morgan fingerprint density at radius 1 is 1.54 bits per heavy atom. The Morgan fingerprint density at radius 3 is 2.92 bits per heavy atom. The van der Waals surface area contributed by atoms with Gasteiger partial charge >= 0.3 is 0 Å². The fraction of sp³-hybridized carbons (Fsp3) is 0.100. The fourth-order valence-electron chi connectivity index (χ4n) is 0.867. The van der Waals surface area contributed by atoms with Gasteiger partial charge in [-0.1, -0.05) is 28.1 Å². The lowest BCUT2D eigenvalue weighted by Crippen LogP contribution is -1.81. The van der Waals surface area contributed by atoms with E-state index in [2.05, 4.69) is 20.9 Å². The number of benzene rings is 1. The minimum absolute atomic E-state index is 0.166. The third-order valence-electron chi connectivity index (χ3n) is 1.47. The van der Waals surface area contributed by atoms with E-state index < -0.39 is 0 Å². The maximum Gasteiger partial charge on any atom is 0.141 e. The molecule has 68 valence electrons. The number of nitrogens with zero attached hydrogens (tertiary/aromatic N) is 1. The largest absolute Gasteiger partial charge is 0.506 e. The molecule has 0 bridgehead atoms. The molecule has 2 nitrogen and oxygen atoms in total. The number of rotatable bonds is 2. The molecule has 0 amide bonds. The second kappa shape index (κ2) is 4.82.